The van der Waals surface area contributed by atoms with Crippen LogP contribution in [0, 0.1) is 0 Å². The molecular weight excluding hydrogens is 126 g/mol. The molecule has 2 heteroatoms. The van der Waals surface area contributed by atoms with Crippen molar-refractivity contribution in [1.29, 1.82) is 0 Å². The molecule has 1 saturated carbocycles. The zero-order chi connectivity index (χ0) is 7.56. The molecule has 1 aliphatic carbocycles. The maximum Gasteiger partial charge on any atom is 0.0555 e. The molecule has 10 heavy (non-hydrogen) atoms. The van der Waals surface area contributed by atoms with Crippen LogP contribution in [0.3, 0.4) is 0 Å². The Bertz CT molecular complexity index is 103. The molecule has 2 N–H and O–H groups in total. The average molecular weight is 143 g/mol. The van der Waals surface area contributed by atoms with E-state index in [0.29, 0.717) is 12.1 Å². The van der Waals surface area contributed by atoms with Crippen LogP contribution in [-0.4, -0.2) is 23.3 Å². The highest BCUT2D eigenvalue weighted by molar-refractivity contribution is 4.80. The Morgan fingerprint density at radius 3 is 2.50 bits per heavy atom. The fourth-order valence-corrected chi connectivity index (χ4v) is 1.58. The molecule has 1 rings (SSSR count). The Hall–Kier alpha value is -0.0800. The van der Waals surface area contributed by atoms with E-state index in [-0.39, 0.29) is 6.10 Å². The van der Waals surface area contributed by atoms with Crippen molar-refractivity contribution in [1.82, 2.24) is 5.32 Å². The van der Waals surface area contributed by atoms with Crippen LogP contribution in [0.15, 0.2) is 0 Å². The molecule has 0 aromatic carbocycles. The van der Waals surface area contributed by atoms with Crippen molar-refractivity contribution in [2.24, 2.45) is 0 Å². The molecule has 0 spiro atoms. The number of aliphatic hydroxyl groups excluding tert-OH is 1. The summed E-state index contributed by atoms with van der Waals surface area (Å²) in [5.41, 5.74) is 0. The summed E-state index contributed by atoms with van der Waals surface area (Å²) in [4.78, 5) is 0. The van der Waals surface area contributed by atoms with Gasteiger partial charge in [-0.15, -0.1) is 0 Å². The van der Waals surface area contributed by atoms with E-state index in [0.717, 1.165) is 19.3 Å². The highest BCUT2D eigenvalue weighted by Crippen LogP contribution is 2.18. The third kappa shape index (κ3) is 2.27. The minimum absolute atomic E-state index is 0.0451. The molecule has 0 saturated heterocycles. The molecule has 2 nitrogen and oxygen atoms in total. The van der Waals surface area contributed by atoms with Crippen molar-refractivity contribution in [3.63, 3.8) is 0 Å². The lowest BCUT2D eigenvalue weighted by molar-refractivity contribution is 0.179. The summed E-state index contributed by atoms with van der Waals surface area (Å²) in [7, 11) is 0. The predicted octanol–water partition coefficient (Wildman–Crippen LogP) is 0.898. The van der Waals surface area contributed by atoms with Crippen molar-refractivity contribution < 1.29 is 5.11 Å². The van der Waals surface area contributed by atoms with Gasteiger partial charge in [-0.25, -0.2) is 0 Å². The number of hydrogen-bond acceptors (Lipinski definition) is 2. The standard InChI is InChI=1S/C8H17NO/c1-6(2)9-7-3-4-8(10)5-7/h6-10H,3-5H2,1-2H3/t7-,8+/m0/s1. The first-order valence-electron chi connectivity index (χ1n) is 4.12. The maximum atomic E-state index is 9.17. The van der Waals surface area contributed by atoms with Crippen LogP contribution >= 0.6 is 0 Å². The lowest BCUT2D eigenvalue weighted by Gasteiger charge is -2.14. The van der Waals surface area contributed by atoms with E-state index in [1.54, 1.807) is 0 Å². The average Bonchev–Trinajstić information content (AvgIpc) is 2.13. The highest BCUT2D eigenvalue weighted by atomic mass is 16.3. The van der Waals surface area contributed by atoms with E-state index in [2.05, 4.69) is 19.2 Å². The van der Waals surface area contributed by atoms with Gasteiger partial charge in [0.25, 0.3) is 0 Å². The fourth-order valence-electron chi connectivity index (χ4n) is 1.58. The van der Waals surface area contributed by atoms with Crippen LogP contribution < -0.4 is 5.32 Å². The molecule has 2 atom stereocenters. The summed E-state index contributed by atoms with van der Waals surface area (Å²) >= 11 is 0. The smallest absolute Gasteiger partial charge is 0.0555 e. The Morgan fingerprint density at radius 1 is 1.40 bits per heavy atom. The number of nitrogens with one attached hydrogen (secondary N) is 1. The molecule has 60 valence electrons. The molecule has 0 aromatic heterocycles. The van der Waals surface area contributed by atoms with Crippen molar-refractivity contribution >= 4 is 0 Å². The molecule has 1 fully saturated rings. The van der Waals surface area contributed by atoms with Crippen LogP contribution in [0.1, 0.15) is 33.1 Å². The first-order valence-corrected chi connectivity index (χ1v) is 4.12. The van der Waals surface area contributed by atoms with E-state index < -0.39 is 0 Å². The topological polar surface area (TPSA) is 32.3 Å². The van der Waals surface area contributed by atoms with Gasteiger partial charge in [0.2, 0.25) is 0 Å². The van der Waals surface area contributed by atoms with E-state index in [1.165, 1.54) is 0 Å². The summed E-state index contributed by atoms with van der Waals surface area (Å²) in [5.74, 6) is 0. The van der Waals surface area contributed by atoms with Crippen molar-refractivity contribution in [3.8, 4) is 0 Å². The van der Waals surface area contributed by atoms with Crippen molar-refractivity contribution in [3.05, 3.63) is 0 Å². The van der Waals surface area contributed by atoms with Gasteiger partial charge in [-0.05, 0) is 19.3 Å². The largest absolute Gasteiger partial charge is 0.393 e. The molecular formula is C8H17NO. The molecule has 0 amide bonds. The first-order chi connectivity index (χ1) is 4.68. The Labute approximate surface area is 62.6 Å². The fraction of sp³-hybridized carbons (Fsp3) is 1.00. The lowest BCUT2D eigenvalue weighted by Crippen LogP contribution is -2.32. The van der Waals surface area contributed by atoms with Crippen LogP contribution in [0.2, 0.25) is 0 Å². The molecule has 1 aliphatic rings. The minimum Gasteiger partial charge on any atom is -0.393 e. The van der Waals surface area contributed by atoms with Crippen molar-refractivity contribution in [2.75, 3.05) is 0 Å². The number of hydrogen-bond donors (Lipinski definition) is 2. The van der Waals surface area contributed by atoms with E-state index in [1.807, 2.05) is 0 Å². The Balaban J connectivity index is 2.18. The van der Waals surface area contributed by atoms with Gasteiger partial charge in [-0.2, -0.15) is 0 Å². The van der Waals surface area contributed by atoms with Gasteiger partial charge in [0.15, 0.2) is 0 Å². The molecule has 0 bridgehead atoms. The Morgan fingerprint density at radius 2 is 2.10 bits per heavy atom. The second-order valence-electron chi connectivity index (χ2n) is 3.49. The van der Waals surface area contributed by atoms with Gasteiger partial charge < -0.3 is 10.4 Å². The zero-order valence-electron chi connectivity index (χ0n) is 6.80. The molecule has 0 aromatic rings. The summed E-state index contributed by atoms with van der Waals surface area (Å²) in [5, 5.41) is 12.6. The van der Waals surface area contributed by atoms with Gasteiger partial charge in [-0.3, -0.25) is 0 Å². The molecule has 0 radical (unpaired) electrons. The van der Waals surface area contributed by atoms with Crippen LogP contribution in [0.25, 0.3) is 0 Å². The third-order valence-corrected chi connectivity index (χ3v) is 1.97. The van der Waals surface area contributed by atoms with E-state index in [9.17, 15) is 5.11 Å². The van der Waals surface area contributed by atoms with Gasteiger partial charge >= 0.3 is 0 Å². The van der Waals surface area contributed by atoms with Gasteiger partial charge in [0.1, 0.15) is 0 Å². The van der Waals surface area contributed by atoms with Crippen molar-refractivity contribution in [2.45, 2.75) is 51.3 Å². The molecule has 0 aliphatic heterocycles. The van der Waals surface area contributed by atoms with Crippen LogP contribution in [-0.2, 0) is 0 Å². The zero-order valence-corrected chi connectivity index (χ0v) is 6.80. The quantitative estimate of drug-likeness (QED) is 0.602. The van der Waals surface area contributed by atoms with Gasteiger partial charge in [0.05, 0.1) is 6.10 Å². The summed E-state index contributed by atoms with van der Waals surface area (Å²) in [6.45, 7) is 4.29. The highest BCUT2D eigenvalue weighted by Gasteiger charge is 2.22. The lowest BCUT2D eigenvalue weighted by atomic mass is 10.2. The summed E-state index contributed by atoms with van der Waals surface area (Å²) < 4.78 is 0. The summed E-state index contributed by atoms with van der Waals surface area (Å²) in [6, 6.07) is 1.12. The van der Waals surface area contributed by atoms with Gasteiger partial charge in [-0.1, -0.05) is 13.8 Å². The number of aliphatic hydroxyl groups is 1. The molecule has 0 unspecified atom stereocenters. The predicted molar refractivity (Wildman–Crippen MR) is 41.9 cm³/mol. The third-order valence-electron chi connectivity index (χ3n) is 1.97. The van der Waals surface area contributed by atoms with Crippen LogP contribution in [0.4, 0.5) is 0 Å². The SMILES string of the molecule is CC(C)N[C@H]1CC[C@@H](O)C1. The second kappa shape index (κ2) is 3.35. The monoisotopic (exact) mass is 143 g/mol. The normalized spacial score (nSPS) is 33.6. The Kier molecular flexibility index (Phi) is 2.69. The number of rotatable bonds is 2. The maximum absolute atomic E-state index is 9.17. The van der Waals surface area contributed by atoms with Crippen LogP contribution in [0.5, 0.6) is 0 Å². The first kappa shape index (κ1) is 8.02. The molecule has 0 heterocycles. The van der Waals surface area contributed by atoms with Gasteiger partial charge in [0, 0.05) is 12.1 Å². The summed E-state index contributed by atoms with van der Waals surface area (Å²) in [6.07, 6.45) is 3.01. The van der Waals surface area contributed by atoms with E-state index in [4.69, 9.17) is 0 Å². The minimum atomic E-state index is -0.0451. The second-order valence-corrected chi connectivity index (χ2v) is 3.49. The van der Waals surface area contributed by atoms with E-state index >= 15 is 0 Å².